The molecular weight excluding hydrogens is 102 g/mol. The van der Waals surface area contributed by atoms with Crippen molar-refractivity contribution in [2.24, 2.45) is 5.41 Å². The predicted molar refractivity (Wildman–Crippen MR) is 31.4 cm³/mol. The molecule has 0 bridgehead atoms. The van der Waals surface area contributed by atoms with Crippen LogP contribution in [0.5, 0.6) is 0 Å². The second-order valence-corrected chi connectivity index (χ2v) is 2.92. The van der Waals surface area contributed by atoms with Crippen LogP contribution in [0.4, 0.5) is 0 Å². The zero-order valence-electron chi connectivity index (χ0n) is 5.49. The molecule has 1 rings (SSSR count). The van der Waals surface area contributed by atoms with Gasteiger partial charge in [-0.25, -0.2) is 0 Å². The molecular formula is C6H11NO. The summed E-state index contributed by atoms with van der Waals surface area (Å²) in [4.78, 5) is 10.7. The van der Waals surface area contributed by atoms with E-state index in [4.69, 9.17) is 0 Å². The van der Waals surface area contributed by atoms with Crippen LogP contribution in [0.25, 0.3) is 0 Å². The van der Waals surface area contributed by atoms with E-state index >= 15 is 0 Å². The van der Waals surface area contributed by atoms with Crippen LogP contribution in [0.2, 0.25) is 0 Å². The van der Waals surface area contributed by atoms with Crippen molar-refractivity contribution < 1.29 is 4.79 Å². The van der Waals surface area contributed by atoms with Crippen LogP contribution in [-0.2, 0) is 4.79 Å². The van der Waals surface area contributed by atoms with Crippen molar-refractivity contribution >= 4 is 5.91 Å². The molecule has 0 aromatic rings. The van der Waals surface area contributed by atoms with Gasteiger partial charge in [0.05, 0.1) is 5.41 Å². The first-order valence-electron chi connectivity index (χ1n) is 2.86. The predicted octanol–water partition coefficient (Wildman–Crippen LogP) is 0.531. The van der Waals surface area contributed by atoms with Crippen molar-refractivity contribution in [2.45, 2.75) is 26.8 Å². The topological polar surface area (TPSA) is 29.1 Å². The van der Waals surface area contributed by atoms with Crippen LogP contribution in [0.1, 0.15) is 20.8 Å². The third kappa shape index (κ3) is 0.457. The molecule has 8 heavy (non-hydrogen) atoms. The van der Waals surface area contributed by atoms with E-state index in [9.17, 15) is 4.79 Å². The highest BCUT2D eigenvalue weighted by atomic mass is 16.2. The van der Waals surface area contributed by atoms with Crippen molar-refractivity contribution in [3.05, 3.63) is 0 Å². The Bertz CT molecular complexity index is 128. The molecule has 2 nitrogen and oxygen atoms in total. The van der Waals surface area contributed by atoms with Crippen molar-refractivity contribution in [3.8, 4) is 0 Å². The van der Waals surface area contributed by atoms with Crippen molar-refractivity contribution in [3.63, 3.8) is 0 Å². The molecule has 0 aromatic heterocycles. The van der Waals surface area contributed by atoms with Crippen LogP contribution in [0, 0.1) is 5.41 Å². The minimum absolute atomic E-state index is 0.111. The summed E-state index contributed by atoms with van der Waals surface area (Å²) in [6.07, 6.45) is 0. The second kappa shape index (κ2) is 1.24. The standard InChI is InChI=1S/C6H11NO/c1-4-6(2,3)5(8)7-4/h4H,1-3H3,(H,7,8)/t4-/m0/s1. The molecule has 1 fully saturated rings. The fourth-order valence-electron chi connectivity index (χ4n) is 0.682. The molecule has 0 radical (unpaired) electrons. The monoisotopic (exact) mass is 113 g/mol. The Morgan fingerprint density at radius 2 is 2.12 bits per heavy atom. The van der Waals surface area contributed by atoms with Crippen LogP contribution in [0.15, 0.2) is 0 Å². The molecule has 0 unspecified atom stereocenters. The van der Waals surface area contributed by atoms with Gasteiger partial charge in [0.25, 0.3) is 0 Å². The molecule has 0 aliphatic carbocycles. The van der Waals surface area contributed by atoms with E-state index in [-0.39, 0.29) is 11.3 Å². The van der Waals surface area contributed by atoms with Crippen molar-refractivity contribution in [1.82, 2.24) is 5.32 Å². The highest BCUT2D eigenvalue weighted by Gasteiger charge is 2.43. The van der Waals surface area contributed by atoms with Gasteiger partial charge in [-0.05, 0) is 20.8 Å². The van der Waals surface area contributed by atoms with E-state index in [1.54, 1.807) is 0 Å². The maximum atomic E-state index is 10.7. The number of amides is 1. The number of hydrogen-bond donors (Lipinski definition) is 1. The minimum atomic E-state index is -0.111. The summed E-state index contributed by atoms with van der Waals surface area (Å²) in [5.41, 5.74) is -0.111. The number of hydrogen-bond acceptors (Lipinski definition) is 1. The van der Waals surface area contributed by atoms with E-state index in [2.05, 4.69) is 5.32 Å². The van der Waals surface area contributed by atoms with Gasteiger partial charge in [0.2, 0.25) is 5.91 Å². The van der Waals surface area contributed by atoms with Crippen LogP contribution in [0.3, 0.4) is 0 Å². The zero-order valence-corrected chi connectivity index (χ0v) is 5.49. The summed E-state index contributed by atoms with van der Waals surface area (Å²) < 4.78 is 0. The van der Waals surface area contributed by atoms with Gasteiger partial charge in [0.15, 0.2) is 0 Å². The van der Waals surface area contributed by atoms with Gasteiger partial charge in [-0.2, -0.15) is 0 Å². The van der Waals surface area contributed by atoms with Gasteiger partial charge < -0.3 is 5.32 Å². The summed E-state index contributed by atoms with van der Waals surface area (Å²) in [6.45, 7) is 5.93. The zero-order chi connectivity index (χ0) is 6.36. The van der Waals surface area contributed by atoms with Gasteiger partial charge in [-0.3, -0.25) is 4.79 Å². The lowest BCUT2D eigenvalue weighted by molar-refractivity contribution is -0.141. The van der Waals surface area contributed by atoms with E-state index in [1.807, 2.05) is 20.8 Å². The van der Waals surface area contributed by atoms with E-state index in [0.29, 0.717) is 6.04 Å². The molecule has 1 amide bonds. The first-order chi connectivity index (χ1) is 3.55. The van der Waals surface area contributed by atoms with E-state index in [0.717, 1.165) is 0 Å². The van der Waals surface area contributed by atoms with E-state index < -0.39 is 0 Å². The van der Waals surface area contributed by atoms with Gasteiger partial charge in [0.1, 0.15) is 0 Å². The largest absolute Gasteiger partial charge is 0.352 e. The Labute approximate surface area is 49.3 Å². The smallest absolute Gasteiger partial charge is 0.227 e. The number of rotatable bonds is 0. The molecule has 1 aliphatic rings. The number of β-lactam (4-membered cyclic amide) rings is 1. The fraction of sp³-hybridized carbons (Fsp3) is 0.833. The van der Waals surface area contributed by atoms with E-state index in [1.165, 1.54) is 0 Å². The van der Waals surface area contributed by atoms with Gasteiger partial charge in [0, 0.05) is 6.04 Å². The Morgan fingerprint density at radius 3 is 2.12 bits per heavy atom. The lowest BCUT2D eigenvalue weighted by Crippen LogP contribution is -2.62. The third-order valence-corrected chi connectivity index (χ3v) is 2.02. The highest BCUT2D eigenvalue weighted by molar-refractivity contribution is 5.88. The molecule has 0 saturated carbocycles. The second-order valence-electron chi connectivity index (χ2n) is 2.92. The van der Waals surface area contributed by atoms with Crippen LogP contribution in [-0.4, -0.2) is 11.9 Å². The summed E-state index contributed by atoms with van der Waals surface area (Å²) in [5, 5.41) is 2.76. The van der Waals surface area contributed by atoms with Gasteiger partial charge >= 0.3 is 0 Å². The molecule has 1 aliphatic heterocycles. The summed E-state index contributed by atoms with van der Waals surface area (Å²) in [7, 11) is 0. The Morgan fingerprint density at radius 1 is 1.62 bits per heavy atom. The molecule has 1 atom stereocenters. The number of carbonyl (C=O) groups excluding carboxylic acids is 1. The van der Waals surface area contributed by atoms with Crippen LogP contribution < -0.4 is 5.32 Å². The Kier molecular flexibility index (Phi) is 0.872. The van der Waals surface area contributed by atoms with Crippen molar-refractivity contribution in [1.29, 1.82) is 0 Å². The SMILES string of the molecule is C[C@@H]1NC(=O)C1(C)C. The molecule has 0 spiro atoms. The average Bonchev–Trinajstić information content (AvgIpc) is 1.68. The van der Waals surface area contributed by atoms with Gasteiger partial charge in [-0.15, -0.1) is 0 Å². The van der Waals surface area contributed by atoms with Crippen LogP contribution >= 0.6 is 0 Å². The minimum Gasteiger partial charge on any atom is -0.352 e. The average molecular weight is 113 g/mol. The first-order valence-corrected chi connectivity index (χ1v) is 2.86. The maximum Gasteiger partial charge on any atom is 0.227 e. The summed E-state index contributed by atoms with van der Waals surface area (Å²) in [5.74, 6) is 0.171. The molecule has 0 aromatic carbocycles. The van der Waals surface area contributed by atoms with Gasteiger partial charge in [-0.1, -0.05) is 0 Å². The number of carbonyl (C=O) groups is 1. The number of nitrogens with one attached hydrogen (secondary N) is 1. The Hall–Kier alpha value is -0.530. The lowest BCUT2D eigenvalue weighted by Gasteiger charge is -2.41. The first kappa shape index (κ1) is 5.60. The quantitative estimate of drug-likeness (QED) is 0.456. The lowest BCUT2D eigenvalue weighted by atomic mass is 9.77. The highest BCUT2D eigenvalue weighted by Crippen LogP contribution is 2.28. The molecule has 46 valence electrons. The molecule has 1 heterocycles. The molecule has 2 heteroatoms. The fourth-order valence-corrected chi connectivity index (χ4v) is 0.682. The van der Waals surface area contributed by atoms with Crippen molar-refractivity contribution in [2.75, 3.05) is 0 Å². The summed E-state index contributed by atoms with van der Waals surface area (Å²) >= 11 is 0. The Balaban J connectivity index is 2.66. The molecule has 1 saturated heterocycles. The third-order valence-electron chi connectivity index (χ3n) is 2.02. The molecule has 1 N–H and O–H groups in total. The normalized spacial score (nSPS) is 33.4. The summed E-state index contributed by atoms with van der Waals surface area (Å²) in [6, 6.07) is 0.356. The maximum absolute atomic E-state index is 10.7.